The number of carbonyl (C=O) groups is 2. The maximum absolute atomic E-state index is 12.5. The van der Waals surface area contributed by atoms with Crippen molar-refractivity contribution in [3.8, 4) is 0 Å². The molecule has 0 fully saturated rings. The molecule has 0 aromatic heterocycles. The van der Waals surface area contributed by atoms with Gasteiger partial charge < -0.3 is 0 Å². The Bertz CT molecular complexity index is 658. The van der Waals surface area contributed by atoms with E-state index < -0.39 is 21.6 Å². The Hall–Kier alpha value is -2.08. The molecule has 112 valence electrons. The Morgan fingerprint density at radius 1 is 1.05 bits per heavy atom. The van der Waals surface area contributed by atoms with Gasteiger partial charge >= 0.3 is 136 Å². The zero-order valence-electron chi connectivity index (χ0n) is 12.6. The Morgan fingerprint density at radius 3 is 2.41 bits per heavy atom. The fourth-order valence-electron chi connectivity index (χ4n) is 1.94. The molecule has 22 heavy (non-hydrogen) atoms. The number of amides is 1. The van der Waals surface area contributed by atoms with Crippen molar-refractivity contribution < 1.29 is 14.3 Å². The Balaban J connectivity index is 2.12. The van der Waals surface area contributed by atoms with E-state index in [4.69, 9.17) is 4.74 Å². The molecule has 2 radical (unpaired) electrons. The minimum absolute atomic E-state index is 0.0741. The second-order valence-corrected chi connectivity index (χ2v) is 7.73. The van der Waals surface area contributed by atoms with Gasteiger partial charge in [-0.05, 0) is 0 Å². The standard InChI is InChI=1S/C17H17GeNO3/c1-3-22-17(21)14-9-7-8-13(12-14)16(20)19(2)18-15-10-5-4-6-11-15/h4-12H,3H2,1-2H3. The van der Waals surface area contributed by atoms with Crippen LogP contribution in [0.1, 0.15) is 27.6 Å². The number of hydrogen-bond donors (Lipinski definition) is 0. The van der Waals surface area contributed by atoms with Crippen LogP contribution in [0.25, 0.3) is 0 Å². The number of esters is 1. The van der Waals surface area contributed by atoms with Crippen LogP contribution < -0.4 is 4.40 Å². The van der Waals surface area contributed by atoms with Gasteiger partial charge in [0.2, 0.25) is 0 Å². The molecule has 0 saturated carbocycles. The molecule has 0 spiro atoms. The zero-order valence-corrected chi connectivity index (χ0v) is 14.7. The third-order valence-electron chi connectivity index (χ3n) is 3.00. The second kappa shape index (κ2) is 7.80. The van der Waals surface area contributed by atoms with Crippen LogP contribution in [-0.2, 0) is 4.74 Å². The predicted molar refractivity (Wildman–Crippen MR) is 86.3 cm³/mol. The number of nitrogens with zero attached hydrogens (tertiary/aromatic N) is 1. The fourth-order valence-corrected chi connectivity index (χ4v) is 3.96. The summed E-state index contributed by atoms with van der Waals surface area (Å²) in [4.78, 5) is 24.2. The maximum atomic E-state index is 12.5. The van der Waals surface area contributed by atoms with Crippen LogP contribution in [0.15, 0.2) is 54.6 Å². The van der Waals surface area contributed by atoms with Gasteiger partial charge in [-0.3, -0.25) is 0 Å². The van der Waals surface area contributed by atoms with E-state index >= 15 is 0 Å². The van der Waals surface area contributed by atoms with Crippen molar-refractivity contribution in [1.82, 2.24) is 3.86 Å². The summed E-state index contributed by atoms with van der Waals surface area (Å²) in [5, 5.41) is 0. The summed E-state index contributed by atoms with van der Waals surface area (Å²) < 4.78 is 7.89. The van der Waals surface area contributed by atoms with Crippen molar-refractivity contribution in [1.29, 1.82) is 0 Å². The second-order valence-electron chi connectivity index (χ2n) is 4.64. The van der Waals surface area contributed by atoms with Gasteiger partial charge in [-0.2, -0.15) is 0 Å². The summed E-state index contributed by atoms with van der Waals surface area (Å²) in [6, 6.07) is 16.6. The summed E-state index contributed by atoms with van der Waals surface area (Å²) in [5.74, 6) is -0.478. The van der Waals surface area contributed by atoms with E-state index in [-0.39, 0.29) is 5.91 Å². The molecule has 1 amide bonds. The Morgan fingerprint density at radius 2 is 1.73 bits per heavy atom. The normalized spacial score (nSPS) is 10.1. The van der Waals surface area contributed by atoms with Gasteiger partial charge in [0.1, 0.15) is 0 Å². The molecular formula is C17H17GeNO3. The van der Waals surface area contributed by atoms with E-state index in [1.807, 2.05) is 30.3 Å². The number of benzene rings is 2. The van der Waals surface area contributed by atoms with Gasteiger partial charge in [0.25, 0.3) is 0 Å². The van der Waals surface area contributed by atoms with Crippen LogP contribution in [0.3, 0.4) is 0 Å². The average molecular weight is 356 g/mol. The Labute approximate surface area is 136 Å². The van der Waals surface area contributed by atoms with Crippen LogP contribution in [0.4, 0.5) is 0 Å². The van der Waals surface area contributed by atoms with Gasteiger partial charge in [-0.15, -0.1) is 0 Å². The quantitative estimate of drug-likeness (QED) is 0.607. The summed E-state index contributed by atoms with van der Waals surface area (Å²) in [6.45, 7) is 2.07. The van der Waals surface area contributed by atoms with E-state index in [0.29, 0.717) is 17.7 Å². The first kappa shape index (κ1) is 16.3. The molecular weight excluding hydrogens is 339 g/mol. The molecule has 0 aliphatic rings. The zero-order chi connectivity index (χ0) is 15.9. The molecule has 2 aromatic carbocycles. The van der Waals surface area contributed by atoms with Crippen molar-refractivity contribution in [3.05, 3.63) is 65.7 Å². The molecule has 2 rings (SSSR count). The third-order valence-corrected chi connectivity index (χ3v) is 5.37. The van der Waals surface area contributed by atoms with E-state index in [2.05, 4.69) is 0 Å². The first-order valence-electron chi connectivity index (χ1n) is 6.98. The average Bonchev–Trinajstić information content (AvgIpc) is 2.55. The van der Waals surface area contributed by atoms with Crippen LogP contribution in [0.2, 0.25) is 0 Å². The molecule has 0 heterocycles. The summed E-state index contributed by atoms with van der Waals surface area (Å²) >= 11 is -0.715. The Kier molecular flexibility index (Phi) is 5.77. The minimum atomic E-state index is -0.715. The molecule has 0 aliphatic carbocycles. The molecule has 0 aliphatic heterocycles. The number of carbonyl (C=O) groups excluding carboxylic acids is 2. The van der Waals surface area contributed by atoms with Crippen molar-refractivity contribution >= 4 is 31.9 Å². The first-order valence-corrected chi connectivity index (χ1v) is 8.97. The van der Waals surface area contributed by atoms with Crippen molar-refractivity contribution in [2.24, 2.45) is 0 Å². The van der Waals surface area contributed by atoms with Crippen LogP contribution in [0, 0.1) is 0 Å². The molecule has 0 saturated heterocycles. The number of rotatable bonds is 5. The number of ether oxygens (including phenoxy) is 1. The van der Waals surface area contributed by atoms with Gasteiger partial charge in [-0.1, -0.05) is 0 Å². The van der Waals surface area contributed by atoms with Crippen molar-refractivity contribution in [2.75, 3.05) is 13.7 Å². The molecule has 5 heteroatoms. The van der Waals surface area contributed by atoms with Crippen molar-refractivity contribution in [2.45, 2.75) is 6.92 Å². The van der Waals surface area contributed by atoms with E-state index in [1.165, 1.54) is 4.40 Å². The molecule has 2 aromatic rings. The topological polar surface area (TPSA) is 46.6 Å². The molecule has 0 bridgehead atoms. The fraction of sp³-hybridized carbons (Fsp3) is 0.176. The van der Waals surface area contributed by atoms with Crippen molar-refractivity contribution in [3.63, 3.8) is 0 Å². The van der Waals surface area contributed by atoms with Gasteiger partial charge in [0.15, 0.2) is 0 Å². The summed E-state index contributed by atoms with van der Waals surface area (Å²) in [7, 11) is 1.80. The van der Waals surface area contributed by atoms with Crippen LogP contribution in [-0.4, -0.2) is 45.0 Å². The number of hydrogen-bond acceptors (Lipinski definition) is 3. The summed E-state index contributed by atoms with van der Waals surface area (Å²) in [6.07, 6.45) is 0. The van der Waals surface area contributed by atoms with Gasteiger partial charge in [0.05, 0.1) is 0 Å². The van der Waals surface area contributed by atoms with Crippen LogP contribution >= 0.6 is 0 Å². The predicted octanol–water partition coefficient (Wildman–Crippen LogP) is 1.88. The van der Waals surface area contributed by atoms with Gasteiger partial charge in [-0.25, -0.2) is 0 Å². The third kappa shape index (κ3) is 4.21. The molecule has 0 N–H and O–H groups in total. The van der Waals surface area contributed by atoms with E-state index in [9.17, 15) is 9.59 Å². The van der Waals surface area contributed by atoms with Crippen LogP contribution in [0.5, 0.6) is 0 Å². The molecule has 4 nitrogen and oxygen atoms in total. The monoisotopic (exact) mass is 357 g/mol. The summed E-state index contributed by atoms with van der Waals surface area (Å²) in [5.41, 5.74) is 0.911. The SMILES string of the molecule is CCOC(=O)c1cccc(C(=O)[N](C)[Ge][c]2ccccc2)c1. The van der Waals surface area contributed by atoms with E-state index in [1.54, 1.807) is 42.1 Å². The molecule has 0 unspecified atom stereocenters. The first-order chi connectivity index (χ1) is 10.6. The van der Waals surface area contributed by atoms with E-state index in [0.717, 1.165) is 0 Å². The molecule has 0 atom stereocenters. The van der Waals surface area contributed by atoms with Gasteiger partial charge in [0, 0.05) is 0 Å².